The Kier molecular flexibility index (Phi) is 2.79. The fraction of sp³-hybridized carbons (Fsp3) is 0.727. The predicted molar refractivity (Wildman–Crippen MR) is 63.0 cm³/mol. The van der Waals surface area contributed by atoms with E-state index >= 15 is 0 Å². The molecule has 1 aromatic heterocycles. The highest BCUT2D eigenvalue weighted by Gasteiger charge is 2.50. The number of aromatic nitrogens is 2. The number of rotatable bonds is 5. The normalized spacial score (nSPS) is 31.1. The molecular weight excluding hydrogens is 236 g/mol. The Morgan fingerprint density at radius 1 is 1.50 bits per heavy atom. The molecule has 0 spiro atoms. The van der Waals surface area contributed by atoms with Crippen LogP contribution in [0.2, 0.25) is 0 Å². The fourth-order valence-electron chi connectivity index (χ4n) is 3.06. The van der Waals surface area contributed by atoms with Crippen molar-refractivity contribution in [1.82, 2.24) is 14.5 Å². The maximum Gasteiger partial charge on any atom is 0.434 e. The van der Waals surface area contributed by atoms with E-state index in [4.69, 9.17) is 0 Å². The molecule has 0 radical (unpaired) electrons. The first-order valence-corrected chi connectivity index (χ1v) is 6.26. The molecule has 1 aromatic rings. The molecule has 7 heteroatoms. The Morgan fingerprint density at radius 3 is 2.89 bits per heavy atom. The molecule has 3 unspecified atom stereocenters. The van der Waals surface area contributed by atoms with Crippen molar-refractivity contribution in [2.24, 2.45) is 0 Å². The maximum atomic E-state index is 10.7. The van der Waals surface area contributed by atoms with Crippen LogP contribution in [0.15, 0.2) is 12.4 Å². The van der Waals surface area contributed by atoms with E-state index in [-0.39, 0.29) is 12.5 Å². The molecule has 2 fully saturated rings. The van der Waals surface area contributed by atoms with E-state index in [1.54, 1.807) is 0 Å². The van der Waals surface area contributed by atoms with Crippen LogP contribution in [0.1, 0.15) is 19.3 Å². The first-order chi connectivity index (χ1) is 8.66. The van der Waals surface area contributed by atoms with Gasteiger partial charge in [0.05, 0.1) is 12.6 Å². The summed E-state index contributed by atoms with van der Waals surface area (Å²) in [4.78, 5) is 16.1. The average molecular weight is 252 g/mol. The molecular formula is C11H16N4O3. The van der Waals surface area contributed by atoms with Gasteiger partial charge in [0.2, 0.25) is 0 Å². The van der Waals surface area contributed by atoms with Crippen LogP contribution in [0.25, 0.3) is 0 Å². The third kappa shape index (κ3) is 1.99. The Bertz CT molecular complexity index is 451. The minimum absolute atomic E-state index is 0.208. The molecule has 1 N–H and O–H groups in total. The Morgan fingerprint density at radius 2 is 2.22 bits per heavy atom. The van der Waals surface area contributed by atoms with Crippen LogP contribution < -0.4 is 0 Å². The smallest absolute Gasteiger partial charge is 0.390 e. The van der Waals surface area contributed by atoms with Crippen LogP contribution in [0, 0.1) is 10.1 Å². The Hall–Kier alpha value is -1.47. The summed E-state index contributed by atoms with van der Waals surface area (Å²) in [6.07, 6.45) is 6.07. The minimum Gasteiger partial charge on any atom is -0.390 e. The van der Waals surface area contributed by atoms with Crippen LogP contribution >= 0.6 is 0 Å². The van der Waals surface area contributed by atoms with E-state index in [1.165, 1.54) is 36.2 Å². The highest BCUT2D eigenvalue weighted by molar-refractivity contribution is 5.09. The first kappa shape index (κ1) is 11.6. The number of aliphatic hydroxyl groups excluding tert-OH is 1. The number of hydrogen-bond donors (Lipinski definition) is 1. The van der Waals surface area contributed by atoms with Crippen LogP contribution in [0.3, 0.4) is 0 Å². The van der Waals surface area contributed by atoms with Gasteiger partial charge in [-0.15, -0.1) is 0 Å². The van der Waals surface area contributed by atoms with Crippen molar-refractivity contribution < 1.29 is 10.0 Å². The standard InChI is InChI=1S/C11H16N4O3/c16-8(7-14-9-2-1-3-10(9)14)6-13-5-4-12-11(13)15(17)18/h4-5,8-10,16H,1-3,6-7H2. The molecule has 1 saturated carbocycles. The molecule has 2 aliphatic rings. The second-order valence-electron chi connectivity index (χ2n) is 5.05. The van der Waals surface area contributed by atoms with Crippen LogP contribution in [-0.4, -0.2) is 49.2 Å². The van der Waals surface area contributed by atoms with Gasteiger partial charge in [0.25, 0.3) is 0 Å². The lowest BCUT2D eigenvalue weighted by atomic mass is 10.3. The first-order valence-electron chi connectivity index (χ1n) is 6.26. The van der Waals surface area contributed by atoms with Gasteiger partial charge >= 0.3 is 5.95 Å². The minimum atomic E-state index is -0.580. The third-order valence-corrected chi connectivity index (χ3v) is 3.89. The number of imidazole rings is 1. The molecule has 7 nitrogen and oxygen atoms in total. The number of nitrogens with zero attached hydrogens (tertiary/aromatic N) is 4. The van der Waals surface area contributed by atoms with Crippen molar-refractivity contribution >= 4 is 5.95 Å². The largest absolute Gasteiger partial charge is 0.434 e. The number of nitro groups is 1. The molecule has 0 amide bonds. The van der Waals surface area contributed by atoms with Gasteiger partial charge in [-0.1, -0.05) is 11.4 Å². The Balaban J connectivity index is 1.56. The van der Waals surface area contributed by atoms with Crippen molar-refractivity contribution in [3.8, 4) is 0 Å². The van der Waals surface area contributed by atoms with Crippen LogP contribution in [-0.2, 0) is 6.54 Å². The quantitative estimate of drug-likeness (QED) is 0.465. The van der Waals surface area contributed by atoms with E-state index in [1.807, 2.05) is 0 Å². The predicted octanol–water partition coefficient (Wildman–Crippen LogP) is 0.389. The highest BCUT2D eigenvalue weighted by Crippen LogP contribution is 2.42. The number of piperidine rings is 1. The van der Waals surface area contributed by atoms with Crippen LogP contribution in [0.4, 0.5) is 5.95 Å². The van der Waals surface area contributed by atoms with Gasteiger partial charge in [0, 0.05) is 18.6 Å². The molecule has 2 heterocycles. The van der Waals surface area contributed by atoms with Gasteiger partial charge in [-0.25, -0.2) is 4.57 Å². The van der Waals surface area contributed by atoms with E-state index in [0.29, 0.717) is 18.6 Å². The molecule has 1 saturated heterocycles. The maximum absolute atomic E-state index is 10.7. The lowest BCUT2D eigenvalue weighted by Gasteiger charge is -2.13. The number of β-amino-alcohol motifs (C(OH)–C–C–N with tert-alkyl or cyclic N) is 1. The summed E-state index contributed by atoms with van der Waals surface area (Å²) in [5, 5.41) is 20.7. The highest BCUT2D eigenvalue weighted by atomic mass is 16.6. The lowest BCUT2D eigenvalue weighted by molar-refractivity contribution is -0.397. The topological polar surface area (TPSA) is 84.2 Å². The zero-order valence-electron chi connectivity index (χ0n) is 9.97. The molecule has 0 aromatic carbocycles. The van der Waals surface area contributed by atoms with Crippen molar-refractivity contribution in [2.45, 2.75) is 44.0 Å². The molecule has 1 aliphatic heterocycles. The molecule has 3 rings (SSSR count). The summed E-state index contributed by atoms with van der Waals surface area (Å²) >= 11 is 0. The average Bonchev–Trinajstić information content (AvgIpc) is 2.77. The van der Waals surface area contributed by atoms with Crippen molar-refractivity contribution in [3.63, 3.8) is 0 Å². The van der Waals surface area contributed by atoms with E-state index in [9.17, 15) is 15.2 Å². The monoisotopic (exact) mass is 252 g/mol. The fourth-order valence-corrected chi connectivity index (χ4v) is 3.06. The summed E-state index contributed by atoms with van der Waals surface area (Å²) in [6.45, 7) is 0.830. The van der Waals surface area contributed by atoms with Gasteiger partial charge < -0.3 is 15.2 Å². The van der Waals surface area contributed by atoms with Gasteiger partial charge in [-0.05, 0) is 17.8 Å². The third-order valence-electron chi connectivity index (χ3n) is 3.89. The molecule has 1 aliphatic carbocycles. The molecule has 98 valence electrons. The summed E-state index contributed by atoms with van der Waals surface area (Å²) in [7, 11) is 0. The van der Waals surface area contributed by atoms with E-state index in [0.717, 1.165) is 0 Å². The van der Waals surface area contributed by atoms with Gasteiger partial charge in [0.15, 0.2) is 0 Å². The van der Waals surface area contributed by atoms with Crippen LogP contribution in [0.5, 0.6) is 0 Å². The molecule has 3 atom stereocenters. The number of likely N-dealkylation sites (tertiary alicyclic amines) is 1. The zero-order chi connectivity index (χ0) is 12.7. The van der Waals surface area contributed by atoms with Gasteiger partial charge in [-0.3, -0.25) is 4.90 Å². The molecule has 0 bridgehead atoms. The number of hydrogen-bond acceptors (Lipinski definition) is 5. The van der Waals surface area contributed by atoms with Crippen molar-refractivity contribution in [1.29, 1.82) is 0 Å². The summed E-state index contributed by atoms with van der Waals surface area (Å²) in [6, 6.07) is 1.30. The van der Waals surface area contributed by atoms with Crippen molar-refractivity contribution in [3.05, 3.63) is 22.5 Å². The van der Waals surface area contributed by atoms with Gasteiger partial charge in [0.1, 0.15) is 12.4 Å². The SMILES string of the molecule is O=[N+]([O-])c1nccn1CC(O)CN1C2CCCC21. The summed E-state index contributed by atoms with van der Waals surface area (Å²) in [5.41, 5.74) is 0. The van der Waals surface area contributed by atoms with Crippen molar-refractivity contribution in [2.75, 3.05) is 6.54 Å². The number of fused-ring (bicyclic) bond motifs is 1. The zero-order valence-corrected chi connectivity index (χ0v) is 9.97. The summed E-state index contributed by atoms with van der Waals surface area (Å²) < 4.78 is 1.39. The van der Waals surface area contributed by atoms with E-state index in [2.05, 4.69) is 9.88 Å². The lowest BCUT2D eigenvalue weighted by Crippen LogP contribution is -2.27. The summed E-state index contributed by atoms with van der Waals surface area (Å²) in [5.74, 6) is -0.208. The Labute approximate surface area is 104 Å². The second-order valence-corrected chi connectivity index (χ2v) is 5.05. The number of aliphatic hydroxyl groups is 1. The van der Waals surface area contributed by atoms with Gasteiger partial charge in [-0.2, -0.15) is 0 Å². The second kappa shape index (κ2) is 4.33. The van der Waals surface area contributed by atoms with E-state index < -0.39 is 11.0 Å². The molecule has 18 heavy (non-hydrogen) atoms.